The van der Waals surface area contributed by atoms with Crippen molar-refractivity contribution in [2.24, 2.45) is 5.41 Å². The number of nitrogens with one attached hydrogen (secondary N) is 2. The minimum Gasteiger partial charge on any atom is -0.497 e. The van der Waals surface area contributed by atoms with Gasteiger partial charge in [0.05, 0.1) is 24.4 Å². The van der Waals surface area contributed by atoms with Gasteiger partial charge >= 0.3 is 0 Å². The van der Waals surface area contributed by atoms with Crippen molar-refractivity contribution in [1.29, 1.82) is 0 Å². The van der Waals surface area contributed by atoms with Gasteiger partial charge in [0, 0.05) is 44.6 Å². The second-order valence-corrected chi connectivity index (χ2v) is 8.38. The third-order valence-corrected chi connectivity index (χ3v) is 5.68. The molecule has 1 aliphatic heterocycles. The number of carbonyl (C=O) groups is 2. The van der Waals surface area contributed by atoms with E-state index in [1.807, 2.05) is 37.4 Å². The van der Waals surface area contributed by atoms with Crippen LogP contribution in [0.15, 0.2) is 42.7 Å². The maximum atomic E-state index is 13.2. The molecule has 0 aliphatic carbocycles. The Morgan fingerprint density at radius 2 is 2.15 bits per heavy atom. The zero-order valence-electron chi connectivity index (χ0n) is 19.5. The molecule has 0 unspecified atom stereocenters. The summed E-state index contributed by atoms with van der Waals surface area (Å²) in [5.74, 6) is 0.910. The van der Waals surface area contributed by atoms with E-state index in [9.17, 15) is 4.79 Å². The number of hydrogen-bond acceptors (Lipinski definition) is 7. The highest BCUT2D eigenvalue weighted by molar-refractivity contribution is 5.84. The summed E-state index contributed by atoms with van der Waals surface area (Å²) < 4.78 is 7.14. The number of rotatable bonds is 10. The molecule has 182 valence electrons. The summed E-state index contributed by atoms with van der Waals surface area (Å²) in [6, 6.07) is 10.0. The number of carboxylic acid groups (broad SMARTS) is 1. The Bertz CT molecular complexity index is 1050. The van der Waals surface area contributed by atoms with Gasteiger partial charge in [0.2, 0.25) is 5.91 Å². The van der Waals surface area contributed by atoms with E-state index in [2.05, 4.69) is 36.8 Å². The molecule has 0 spiro atoms. The molecule has 3 aromatic rings. The van der Waals surface area contributed by atoms with Crippen molar-refractivity contribution >= 4 is 12.4 Å². The molecule has 1 aliphatic rings. The van der Waals surface area contributed by atoms with Crippen molar-refractivity contribution in [2.45, 2.75) is 32.9 Å². The average molecular weight is 470 g/mol. The minimum atomic E-state index is -0.453. The third kappa shape index (κ3) is 6.64. The summed E-state index contributed by atoms with van der Waals surface area (Å²) in [6.45, 7) is 5.22. The Balaban J connectivity index is 0.00000103. The number of aromatic amines is 1. The van der Waals surface area contributed by atoms with Crippen molar-refractivity contribution in [3.63, 3.8) is 0 Å². The first kappa shape index (κ1) is 24.9. The number of aryl methyl sites for hydroxylation is 2. The summed E-state index contributed by atoms with van der Waals surface area (Å²) in [7, 11) is 1.66. The van der Waals surface area contributed by atoms with Crippen LogP contribution in [-0.4, -0.2) is 74.3 Å². The van der Waals surface area contributed by atoms with Gasteiger partial charge in [-0.25, -0.2) is 0 Å². The summed E-state index contributed by atoms with van der Waals surface area (Å²) in [4.78, 5) is 23.9. The Morgan fingerprint density at radius 1 is 1.35 bits per heavy atom. The van der Waals surface area contributed by atoms with Crippen LogP contribution in [0.3, 0.4) is 0 Å². The molecule has 0 atom stereocenters. The van der Waals surface area contributed by atoms with Crippen molar-refractivity contribution in [3.8, 4) is 5.75 Å². The Morgan fingerprint density at radius 3 is 2.79 bits per heavy atom. The molecule has 11 nitrogen and oxygen atoms in total. The summed E-state index contributed by atoms with van der Waals surface area (Å²) in [6.07, 6.45) is 4.97. The van der Waals surface area contributed by atoms with E-state index in [1.165, 1.54) is 0 Å². The van der Waals surface area contributed by atoms with Crippen LogP contribution in [0.25, 0.3) is 0 Å². The molecule has 1 saturated heterocycles. The van der Waals surface area contributed by atoms with Gasteiger partial charge < -0.3 is 15.2 Å². The lowest BCUT2D eigenvalue weighted by Crippen LogP contribution is -2.63. The van der Waals surface area contributed by atoms with E-state index in [-0.39, 0.29) is 12.4 Å². The second-order valence-electron chi connectivity index (χ2n) is 8.38. The van der Waals surface area contributed by atoms with Gasteiger partial charge in [0.15, 0.2) is 0 Å². The summed E-state index contributed by atoms with van der Waals surface area (Å²) >= 11 is 0. The van der Waals surface area contributed by atoms with Gasteiger partial charge in [-0.05, 0) is 43.5 Å². The molecule has 3 heterocycles. The van der Waals surface area contributed by atoms with Crippen LogP contribution in [0.2, 0.25) is 0 Å². The molecule has 1 amide bonds. The van der Waals surface area contributed by atoms with E-state index in [0.29, 0.717) is 26.1 Å². The van der Waals surface area contributed by atoms with Crippen LogP contribution in [0, 0.1) is 12.3 Å². The number of ether oxygens (including phenoxy) is 1. The van der Waals surface area contributed by atoms with Crippen LogP contribution in [0.1, 0.15) is 23.4 Å². The number of H-pyrrole nitrogens is 1. The fourth-order valence-electron chi connectivity index (χ4n) is 4.20. The standard InChI is InChI=1S/C22H29N7O2.CH2O2/c1-17-11-19(26-25-17)14-28-15-22(16-28,13-18-5-3-6-20(12-18)31-2)21(30)23-7-4-9-29-10-8-24-27-29;2-1-3/h3,5-6,8,10-12H,4,7,9,13-16H2,1-2H3,(H,23,30)(H,25,26);1H,(H,2,3). The predicted molar refractivity (Wildman–Crippen MR) is 124 cm³/mol. The molecule has 3 N–H and O–H groups in total. The number of benzene rings is 1. The SMILES string of the molecule is COc1cccc(CC2(C(=O)NCCCn3ccnn3)CN(Cc3cc(C)[nH]n3)C2)c1.O=CO. The van der Waals surface area contributed by atoms with Crippen molar-refractivity contribution < 1.29 is 19.4 Å². The topological polar surface area (TPSA) is 138 Å². The number of hydrogen-bond donors (Lipinski definition) is 3. The highest BCUT2D eigenvalue weighted by Gasteiger charge is 2.48. The molecular formula is C23H31N7O4. The van der Waals surface area contributed by atoms with Crippen molar-refractivity contribution in [3.05, 3.63) is 59.7 Å². The lowest BCUT2D eigenvalue weighted by atomic mass is 9.73. The van der Waals surface area contributed by atoms with Gasteiger partial charge in [-0.15, -0.1) is 5.10 Å². The second kappa shape index (κ2) is 11.9. The Kier molecular flexibility index (Phi) is 8.74. The average Bonchev–Trinajstić information content (AvgIpc) is 3.47. The number of carbonyl (C=O) groups excluding carboxylic acids is 1. The first-order valence-electron chi connectivity index (χ1n) is 11.0. The van der Waals surface area contributed by atoms with Crippen molar-refractivity contribution in [1.82, 2.24) is 35.4 Å². The molecule has 34 heavy (non-hydrogen) atoms. The molecule has 2 aromatic heterocycles. The molecular weight excluding hydrogens is 438 g/mol. The lowest BCUT2D eigenvalue weighted by Gasteiger charge is -2.49. The number of likely N-dealkylation sites (tertiary alicyclic amines) is 1. The number of aromatic nitrogens is 5. The monoisotopic (exact) mass is 469 g/mol. The van der Waals surface area contributed by atoms with Gasteiger partial charge in [-0.3, -0.25) is 24.3 Å². The maximum absolute atomic E-state index is 13.2. The lowest BCUT2D eigenvalue weighted by molar-refractivity contribution is -0.142. The fourth-order valence-corrected chi connectivity index (χ4v) is 4.20. The van der Waals surface area contributed by atoms with Gasteiger partial charge in [0.25, 0.3) is 6.47 Å². The van der Waals surface area contributed by atoms with Crippen LogP contribution in [0.5, 0.6) is 5.75 Å². The van der Waals surface area contributed by atoms with Crippen LogP contribution < -0.4 is 10.1 Å². The first-order chi connectivity index (χ1) is 16.5. The minimum absolute atomic E-state index is 0.100. The quantitative estimate of drug-likeness (QED) is 0.298. The fraction of sp³-hybridized carbons (Fsp3) is 0.435. The molecule has 1 aromatic carbocycles. The normalized spacial score (nSPS) is 14.4. The van der Waals surface area contributed by atoms with Crippen LogP contribution >= 0.6 is 0 Å². The molecule has 4 rings (SSSR count). The van der Waals surface area contributed by atoms with Gasteiger partial charge in [-0.1, -0.05) is 17.3 Å². The van der Waals surface area contributed by atoms with E-state index >= 15 is 0 Å². The predicted octanol–water partition coefficient (Wildman–Crippen LogP) is 1.27. The van der Waals surface area contributed by atoms with Crippen LogP contribution in [-0.2, 0) is 29.1 Å². The third-order valence-electron chi connectivity index (χ3n) is 5.68. The highest BCUT2D eigenvalue weighted by atomic mass is 16.5. The summed E-state index contributed by atoms with van der Waals surface area (Å²) in [5, 5.41) is 25.1. The molecule has 0 saturated carbocycles. The van der Waals surface area contributed by atoms with Crippen molar-refractivity contribution in [2.75, 3.05) is 26.7 Å². The maximum Gasteiger partial charge on any atom is 0.290 e. The number of methoxy groups -OCH3 is 1. The molecule has 1 fully saturated rings. The largest absolute Gasteiger partial charge is 0.497 e. The Labute approximate surface area is 198 Å². The van der Waals surface area contributed by atoms with Crippen LogP contribution in [0.4, 0.5) is 0 Å². The zero-order chi connectivity index (χ0) is 24.4. The molecule has 0 bridgehead atoms. The van der Waals surface area contributed by atoms with E-state index < -0.39 is 5.41 Å². The number of amides is 1. The van der Waals surface area contributed by atoms with E-state index in [4.69, 9.17) is 14.6 Å². The smallest absolute Gasteiger partial charge is 0.290 e. The van der Waals surface area contributed by atoms with Gasteiger partial charge in [-0.2, -0.15) is 5.10 Å². The Hall–Kier alpha value is -3.73. The first-order valence-corrected chi connectivity index (χ1v) is 11.0. The molecule has 0 radical (unpaired) electrons. The molecule has 11 heteroatoms. The highest BCUT2D eigenvalue weighted by Crippen LogP contribution is 2.36. The van der Waals surface area contributed by atoms with Gasteiger partial charge in [0.1, 0.15) is 5.75 Å². The number of nitrogens with zero attached hydrogens (tertiary/aromatic N) is 5. The van der Waals surface area contributed by atoms with E-state index in [1.54, 1.807) is 18.0 Å². The van der Waals surface area contributed by atoms with E-state index in [0.717, 1.165) is 42.2 Å². The summed E-state index contributed by atoms with van der Waals surface area (Å²) in [5.41, 5.74) is 2.70. The zero-order valence-corrected chi connectivity index (χ0v) is 19.5.